The third-order valence-corrected chi connectivity index (χ3v) is 5.71. The minimum absolute atomic E-state index is 0.0330. The molecule has 0 amide bonds. The summed E-state index contributed by atoms with van der Waals surface area (Å²) in [5.74, 6) is 0. The number of rotatable bonds is 9. The highest BCUT2D eigenvalue weighted by Crippen LogP contribution is 2.25. The van der Waals surface area contributed by atoms with Crippen LogP contribution in [0.5, 0.6) is 0 Å². The van der Waals surface area contributed by atoms with Crippen LogP contribution in [0.15, 0.2) is 64.0 Å². The van der Waals surface area contributed by atoms with Gasteiger partial charge < -0.3 is 9.98 Å². The molecule has 2 aromatic rings. The van der Waals surface area contributed by atoms with Crippen LogP contribution in [-0.2, 0) is 0 Å². The molecule has 4 nitrogen and oxygen atoms in total. The summed E-state index contributed by atoms with van der Waals surface area (Å²) in [7, 11) is 0. The molecule has 32 heavy (non-hydrogen) atoms. The molecular weight excluding hydrogens is 418 g/mol. The lowest BCUT2D eigenvalue weighted by molar-refractivity contribution is 0.531. The van der Waals surface area contributed by atoms with Crippen LogP contribution in [0.25, 0.3) is 6.08 Å². The Labute approximate surface area is 196 Å². The van der Waals surface area contributed by atoms with Crippen LogP contribution in [0.3, 0.4) is 0 Å². The summed E-state index contributed by atoms with van der Waals surface area (Å²) in [6.07, 6.45) is 8.74. The maximum atomic E-state index is 13.0. The lowest BCUT2D eigenvalue weighted by Crippen LogP contribution is -2.29. The molecule has 170 valence electrons. The first kappa shape index (κ1) is 25.5. The van der Waals surface area contributed by atoms with Gasteiger partial charge in [0.15, 0.2) is 5.15 Å². The molecular formula is C27H34ClN3O. The Morgan fingerprint density at radius 1 is 1.19 bits per heavy atom. The summed E-state index contributed by atoms with van der Waals surface area (Å²) >= 11 is 6.31. The smallest absolute Gasteiger partial charge is 0.289 e. The Kier molecular flexibility index (Phi) is 9.40. The van der Waals surface area contributed by atoms with Gasteiger partial charge in [0.1, 0.15) is 0 Å². The maximum absolute atomic E-state index is 13.0. The van der Waals surface area contributed by atoms with Crippen LogP contribution in [0.4, 0.5) is 0 Å². The van der Waals surface area contributed by atoms with Crippen molar-refractivity contribution in [3.63, 3.8) is 0 Å². The molecule has 2 rings (SSSR count). The molecule has 1 aromatic heterocycles. The Morgan fingerprint density at radius 2 is 1.84 bits per heavy atom. The average molecular weight is 452 g/mol. The number of nitrogens with one attached hydrogen (secondary N) is 1. The fraction of sp³-hybridized carbons (Fsp3) is 0.370. The minimum Gasteiger partial charge on any atom is -0.305 e. The third kappa shape index (κ3) is 5.95. The van der Waals surface area contributed by atoms with Crippen molar-refractivity contribution in [1.82, 2.24) is 9.55 Å². The highest BCUT2D eigenvalue weighted by Gasteiger charge is 2.19. The fourth-order valence-electron chi connectivity index (χ4n) is 3.99. The topological polar surface area (TPSA) is 58.7 Å². The molecule has 0 fully saturated rings. The molecule has 0 aliphatic heterocycles. The molecule has 0 saturated heterocycles. The molecule has 0 radical (unpaired) electrons. The van der Waals surface area contributed by atoms with E-state index in [2.05, 4.69) is 24.9 Å². The lowest BCUT2D eigenvalue weighted by atomic mass is 9.95. The molecule has 5 heteroatoms. The summed E-state index contributed by atoms with van der Waals surface area (Å²) in [5, 5.41) is 8.20. The number of nitrogens with zero attached hydrogens (tertiary/aromatic N) is 2. The number of aromatic nitrogens is 2. The minimum atomic E-state index is -0.279. The van der Waals surface area contributed by atoms with E-state index in [4.69, 9.17) is 17.0 Å². The summed E-state index contributed by atoms with van der Waals surface area (Å²) < 4.78 is 1.75. The largest absolute Gasteiger partial charge is 0.305 e. The van der Waals surface area contributed by atoms with E-state index in [1.54, 1.807) is 4.57 Å². The Bertz CT molecular complexity index is 1100. The van der Waals surface area contributed by atoms with Crippen molar-refractivity contribution >= 4 is 23.4 Å². The molecule has 0 aliphatic rings. The van der Waals surface area contributed by atoms with Crippen molar-refractivity contribution in [3.8, 4) is 0 Å². The first-order chi connectivity index (χ1) is 15.2. The van der Waals surface area contributed by atoms with Gasteiger partial charge in [0.25, 0.3) is 5.56 Å². The number of benzene rings is 1. The molecule has 0 spiro atoms. The molecule has 1 N–H and O–H groups in total. The number of allylic oxidation sites excluding steroid dienone is 5. The number of unbranched alkanes of at least 4 members (excludes halogenated alkanes) is 1. The number of halogens is 1. The summed E-state index contributed by atoms with van der Waals surface area (Å²) in [5.41, 5.74) is 5.75. The van der Waals surface area contributed by atoms with Gasteiger partial charge in [-0.15, -0.1) is 0 Å². The molecule has 1 heterocycles. The first-order valence-electron chi connectivity index (χ1n) is 11.2. The zero-order valence-corrected chi connectivity index (χ0v) is 20.8. The Balaban J connectivity index is 2.64. The second kappa shape index (κ2) is 11.8. The predicted molar refractivity (Wildman–Crippen MR) is 137 cm³/mol. The average Bonchev–Trinajstić information content (AvgIpc) is 2.76. The third-order valence-electron chi connectivity index (χ3n) is 5.47. The van der Waals surface area contributed by atoms with E-state index in [9.17, 15) is 4.79 Å². The van der Waals surface area contributed by atoms with Gasteiger partial charge in [-0.05, 0) is 57.7 Å². The van der Waals surface area contributed by atoms with E-state index in [1.165, 1.54) is 0 Å². The molecule has 0 aliphatic carbocycles. The van der Waals surface area contributed by atoms with E-state index in [0.29, 0.717) is 11.4 Å². The van der Waals surface area contributed by atoms with Crippen LogP contribution in [0, 0.1) is 12.3 Å². The fourth-order valence-corrected chi connectivity index (χ4v) is 4.17. The summed E-state index contributed by atoms with van der Waals surface area (Å²) in [6.45, 7) is 12.0. The van der Waals surface area contributed by atoms with Crippen LogP contribution < -0.4 is 5.56 Å². The number of hydrogen-bond acceptors (Lipinski definition) is 3. The van der Waals surface area contributed by atoms with Crippen LogP contribution in [-0.4, -0.2) is 15.3 Å². The molecule has 1 aromatic carbocycles. The van der Waals surface area contributed by atoms with Gasteiger partial charge in [-0.3, -0.25) is 4.79 Å². The zero-order valence-electron chi connectivity index (χ0n) is 20.0. The van der Waals surface area contributed by atoms with E-state index >= 15 is 0 Å². The van der Waals surface area contributed by atoms with Crippen molar-refractivity contribution in [2.45, 2.75) is 66.8 Å². The second-order valence-corrected chi connectivity index (χ2v) is 8.52. The van der Waals surface area contributed by atoms with Crippen LogP contribution >= 0.6 is 11.6 Å². The van der Waals surface area contributed by atoms with Crippen molar-refractivity contribution in [3.05, 3.63) is 91.7 Å². The molecule has 1 atom stereocenters. The quantitative estimate of drug-likeness (QED) is 0.320. The van der Waals surface area contributed by atoms with Crippen LogP contribution in [0.1, 0.15) is 76.9 Å². The standard InChI is InChI=1S/C27H34ClN3O/c1-7-9-13-22(25(18(3)4)19(5)29)16-17-23-20(6)31(27(32)26(28)30-23)24(8-2)21-14-11-10-12-15-21/h10-17,24,29H,7-9H2,1-6H3/b17-16-,22-13-,29-19?. The monoisotopic (exact) mass is 451 g/mol. The first-order valence-corrected chi connectivity index (χ1v) is 11.6. The Morgan fingerprint density at radius 3 is 2.38 bits per heavy atom. The zero-order chi connectivity index (χ0) is 23.8. The van der Waals surface area contributed by atoms with E-state index in [0.717, 1.165) is 47.2 Å². The normalized spacial score (nSPS) is 12.8. The summed E-state index contributed by atoms with van der Waals surface area (Å²) in [6, 6.07) is 9.87. The van der Waals surface area contributed by atoms with Crippen molar-refractivity contribution < 1.29 is 0 Å². The van der Waals surface area contributed by atoms with Crippen molar-refractivity contribution in [2.75, 3.05) is 0 Å². The van der Waals surface area contributed by atoms with Crippen molar-refractivity contribution in [1.29, 1.82) is 5.41 Å². The van der Waals surface area contributed by atoms with Gasteiger partial charge in [-0.2, -0.15) is 0 Å². The Hall–Kier alpha value is -2.72. The molecule has 1 unspecified atom stereocenters. The van der Waals surface area contributed by atoms with E-state index < -0.39 is 0 Å². The second-order valence-electron chi connectivity index (χ2n) is 8.16. The SMILES string of the molecule is CCC/C=C(/C=C\c1nc(Cl)c(=O)n(C(CC)c2ccccc2)c1C)C(C(C)=N)=C(C)C. The summed E-state index contributed by atoms with van der Waals surface area (Å²) in [4.78, 5) is 17.4. The van der Waals surface area contributed by atoms with Gasteiger partial charge >= 0.3 is 0 Å². The van der Waals surface area contributed by atoms with E-state index in [-0.39, 0.29) is 16.8 Å². The van der Waals surface area contributed by atoms with Crippen LogP contribution in [0.2, 0.25) is 5.15 Å². The highest BCUT2D eigenvalue weighted by molar-refractivity contribution is 6.29. The predicted octanol–water partition coefficient (Wildman–Crippen LogP) is 7.32. The van der Waals surface area contributed by atoms with Gasteiger partial charge in [0.05, 0.1) is 11.7 Å². The number of hydrogen-bond donors (Lipinski definition) is 1. The lowest BCUT2D eigenvalue weighted by Gasteiger charge is -2.22. The van der Waals surface area contributed by atoms with Gasteiger partial charge in [-0.25, -0.2) is 4.98 Å². The van der Waals surface area contributed by atoms with Gasteiger partial charge in [0, 0.05) is 17.0 Å². The van der Waals surface area contributed by atoms with Crippen molar-refractivity contribution in [2.24, 2.45) is 0 Å². The van der Waals surface area contributed by atoms with Gasteiger partial charge in [-0.1, -0.05) is 79.9 Å². The maximum Gasteiger partial charge on any atom is 0.289 e. The molecule has 0 saturated carbocycles. The van der Waals surface area contributed by atoms with E-state index in [1.807, 2.05) is 70.2 Å². The molecule has 0 bridgehead atoms. The highest BCUT2D eigenvalue weighted by atomic mass is 35.5. The van der Waals surface area contributed by atoms with Gasteiger partial charge in [0.2, 0.25) is 0 Å².